The zero-order valence-corrected chi connectivity index (χ0v) is 14.5. The van der Waals surface area contributed by atoms with Crippen molar-refractivity contribution in [2.45, 2.75) is 19.9 Å². The maximum atomic E-state index is 12.7. The molecule has 0 spiro atoms. The molecular weight excluding hydrogens is 314 g/mol. The van der Waals surface area contributed by atoms with Gasteiger partial charge in [0.2, 0.25) is 0 Å². The smallest absolute Gasteiger partial charge is 0.259 e. The van der Waals surface area contributed by atoms with Crippen LogP contribution < -0.4 is 10.1 Å². The van der Waals surface area contributed by atoms with Crippen LogP contribution in [0.1, 0.15) is 34.0 Å². The predicted molar refractivity (Wildman–Crippen MR) is 96.8 cm³/mol. The summed E-state index contributed by atoms with van der Waals surface area (Å²) < 4.78 is 5.53. The Labute approximate surface area is 147 Å². The van der Waals surface area contributed by atoms with E-state index in [4.69, 9.17) is 4.74 Å². The second-order valence-electron chi connectivity index (χ2n) is 6.15. The summed E-state index contributed by atoms with van der Waals surface area (Å²) in [4.78, 5) is 15.0. The number of benzene rings is 2. The lowest BCUT2D eigenvalue weighted by atomic mass is 9.99. The van der Waals surface area contributed by atoms with Crippen LogP contribution in [-0.2, 0) is 13.0 Å². The molecule has 25 heavy (non-hydrogen) atoms. The standard InChI is InChI=1S/C20H21N3O2/c1-3-25-19-15(12-21)5-4-6-18(19)20(24)22-17-8-7-14-9-10-23(2)13-16(14)11-17/h4-8,11H,3,9-10,13H2,1-2H3,(H,22,24). The number of nitriles is 1. The average molecular weight is 335 g/mol. The summed E-state index contributed by atoms with van der Waals surface area (Å²) >= 11 is 0. The number of likely N-dealkylation sites (N-methyl/N-ethyl adjacent to an activating group) is 1. The molecule has 1 heterocycles. The molecule has 128 valence electrons. The topological polar surface area (TPSA) is 65.4 Å². The van der Waals surface area contributed by atoms with Gasteiger partial charge in [0.1, 0.15) is 11.8 Å². The molecule has 0 unspecified atom stereocenters. The molecule has 5 heteroatoms. The van der Waals surface area contributed by atoms with Crippen molar-refractivity contribution >= 4 is 11.6 Å². The lowest BCUT2D eigenvalue weighted by Crippen LogP contribution is -2.26. The molecule has 0 saturated heterocycles. The normalized spacial score (nSPS) is 13.6. The Bertz CT molecular complexity index is 839. The molecule has 5 nitrogen and oxygen atoms in total. The second kappa shape index (κ2) is 7.37. The minimum atomic E-state index is -0.273. The van der Waals surface area contributed by atoms with Gasteiger partial charge in [-0.05, 0) is 55.8 Å². The van der Waals surface area contributed by atoms with Gasteiger partial charge in [0.25, 0.3) is 5.91 Å². The van der Waals surface area contributed by atoms with Gasteiger partial charge in [0, 0.05) is 18.8 Å². The Kier molecular flexibility index (Phi) is 5.01. The number of carbonyl (C=O) groups excluding carboxylic acids is 1. The first-order valence-electron chi connectivity index (χ1n) is 8.40. The number of nitrogens with one attached hydrogen (secondary N) is 1. The van der Waals surface area contributed by atoms with Crippen LogP contribution >= 0.6 is 0 Å². The second-order valence-corrected chi connectivity index (χ2v) is 6.15. The van der Waals surface area contributed by atoms with E-state index < -0.39 is 0 Å². The third-order valence-corrected chi connectivity index (χ3v) is 4.34. The number of para-hydroxylation sites is 1. The number of amides is 1. The first-order valence-corrected chi connectivity index (χ1v) is 8.40. The van der Waals surface area contributed by atoms with Gasteiger partial charge >= 0.3 is 0 Å². The molecule has 1 N–H and O–H groups in total. The van der Waals surface area contributed by atoms with Crippen LogP contribution in [-0.4, -0.2) is 31.0 Å². The van der Waals surface area contributed by atoms with Crippen LogP contribution in [0.15, 0.2) is 36.4 Å². The highest BCUT2D eigenvalue weighted by Gasteiger charge is 2.18. The summed E-state index contributed by atoms with van der Waals surface area (Å²) in [6, 6.07) is 13.1. The van der Waals surface area contributed by atoms with Crippen molar-refractivity contribution in [1.29, 1.82) is 5.26 Å². The maximum absolute atomic E-state index is 12.7. The van der Waals surface area contributed by atoms with E-state index in [9.17, 15) is 10.1 Å². The summed E-state index contributed by atoms with van der Waals surface area (Å²) in [6.45, 7) is 4.16. The van der Waals surface area contributed by atoms with Crippen LogP contribution in [0.25, 0.3) is 0 Å². The van der Waals surface area contributed by atoms with Crippen molar-refractivity contribution in [3.8, 4) is 11.8 Å². The molecule has 0 atom stereocenters. The maximum Gasteiger partial charge on any atom is 0.259 e. The Morgan fingerprint density at radius 2 is 2.16 bits per heavy atom. The third kappa shape index (κ3) is 3.65. The summed E-state index contributed by atoms with van der Waals surface area (Å²) in [5.41, 5.74) is 4.06. The Morgan fingerprint density at radius 3 is 2.92 bits per heavy atom. The van der Waals surface area contributed by atoms with Gasteiger partial charge in [0.15, 0.2) is 0 Å². The van der Waals surface area contributed by atoms with Crippen LogP contribution in [0.3, 0.4) is 0 Å². The van der Waals surface area contributed by atoms with Crippen molar-refractivity contribution in [3.05, 3.63) is 58.7 Å². The van der Waals surface area contributed by atoms with E-state index >= 15 is 0 Å². The van der Waals surface area contributed by atoms with E-state index in [-0.39, 0.29) is 5.91 Å². The van der Waals surface area contributed by atoms with Crippen molar-refractivity contribution < 1.29 is 9.53 Å². The number of ether oxygens (including phenoxy) is 1. The number of carbonyl (C=O) groups is 1. The third-order valence-electron chi connectivity index (χ3n) is 4.34. The van der Waals surface area contributed by atoms with Crippen molar-refractivity contribution in [1.82, 2.24) is 4.90 Å². The lowest BCUT2D eigenvalue weighted by Gasteiger charge is -2.25. The van der Waals surface area contributed by atoms with Gasteiger partial charge in [-0.15, -0.1) is 0 Å². The molecule has 1 aliphatic heterocycles. The number of rotatable bonds is 4. The van der Waals surface area contributed by atoms with Crippen LogP contribution in [0, 0.1) is 11.3 Å². The van der Waals surface area contributed by atoms with Crippen LogP contribution in [0.4, 0.5) is 5.69 Å². The number of hydrogen-bond donors (Lipinski definition) is 1. The van der Waals surface area contributed by atoms with Crippen molar-refractivity contribution in [2.24, 2.45) is 0 Å². The summed E-state index contributed by atoms with van der Waals surface area (Å²) in [7, 11) is 2.09. The van der Waals surface area contributed by atoms with Gasteiger partial charge in [-0.2, -0.15) is 5.26 Å². The first kappa shape index (κ1) is 17.0. The molecule has 0 saturated carbocycles. The molecule has 2 aromatic rings. The average Bonchev–Trinajstić information content (AvgIpc) is 2.61. The highest BCUT2D eigenvalue weighted by molar-refractivity contribution is 6.06. The first-order chi connectivity index (χ1) is 12.1. The molecule has 0 aliphatic carbocycles. The Morgan fingerprint density at radius 1 is 1.32 bits per heavy atom. The van der Waals surface area contributed by atoms with Crippen LogP contribution in [0.5, 0.6) is 5.75 Å². The van der Waals surface area contributed by atoms with E-state index in [0.717, 1.165) is 25.2 Å². The zero-order valence-electron chi connectivity index (χ0n) is 14.5. The molecule has 0 aromatic heterocycles. The predicted octanol–water partition coefficient (Wildman–Crippen LogP) is 3.20. The molecule has 0 radical (unpaired) electrons. The van der Waals surface area contributed by atoms with E-state index in [1.54, 1.807) is 18.2 Å². The molecule has 3 rings (SSSR count). The molecular formula is C20H21N3O2. The Hall–Kier alpha value is -2.84. The lowest BCUT2D eigenvalue weighted by molar-refractivity contribution is 0.102. The Balaban J connectivity index is 1.86. The summed E-state index contributed by atoms with van der Waals surface area (Å²) in [5.74, 6) is 0.0624. The van der Waals surface area contributed by atoms with Gasteiger partial charge in [-0.1, -0.05) is 12.1 Å². The largest absolute Gasteiger partial charge is 0.492 e. The fourth-order valence-electron chi connectivity index (χ4n) is 3.08. The molecule has 1 amide bonds. The van der Waals surface area contributed by atoms with Crippen molar-refractivity contribution in [2.75, 3.05) is 25.5 Å². The molecule has 0 bridgehead atoms. The monoisotopic (exact) mass is 335 g/mol. The van der Waals surface area contributed by atoms with Gasteiger partial charge < -0.3 is 15.0 Å². The molecule has 1 aliphatic rings. The van der Waals surface area contributed by atoms with Crippen molar-refractivity contribution in [3.63, 3.8) is 0 Å². The highest BCUT2D eigenvalue weighted by Crippen LogP contribution is 2.26. The number of anilines is 1. The fourth-order valence-corrected chi connectivity index (χ4v) is 3.08. The van der Waals surface area contributed by atoms with E-state index in [2.05, 4.69) is 29.4 Å². The van der Waals surface area contributed by atoms with Gasteiger partial charge in [-0.25, -0.2) is 0 Å². The van der Waals surface area contributed by atoms with E-state index in [1.807, 2.05) is 19.1 Å². The van der Waals surface area contributed by atoms with Gasteiger partial charge in [0.05, 0.1) is 17.7 Å². The minimum Gasteiger partial charge on any atom is -0.492 e. The quantitative estimate of drug-likeness (QED) is 0.932. The molecule has 0 fully saturated rings. The minimum absolute atomic E-state index is 0.273. The summed E-state index contributed by atoms with van der Waals surface area (Å²) in [6.07, 6.45) is 1.03. The number of nitrogens with zero attached hydrogens (tertiary/aromatic N) is 2. The number of fused-ring (bicyclic) bond motifs is 1. The molecule has 2 aromatic carbocycles. The van der Waals surface area contributed by atoms with Gasteiger partial charge in [-0.3, -0.25) is 4.79 Å². The van der Waals surface area contributed by atoms with Crippen LogP contribution in [0.2, 0.25) is 0 Å². The zero-order chi connectivity index (χ0) is 17.8. The SMILES string of the molecule is CCOc1c(C#N)cccc1C(=O)Nc1ccc2c(c1)CN(C)CC2. The fraction of sp³-hybridized carbons (Fsp3) is 0.300. The van der Waals surface area contributed by atoms with E-state index in [0.29, 0.717) is 23.5 Å². The summed E-state index contributed by atoms with van der Waals surface area (Å²) in [5, 5.41) is 12.2. The van der Waals surface area contributed by atoms with E-state index in [1.165, 1.54) is 11.1 Å². The number of hydrogen-bond acceptors (Lipinski definition) is 4. The highest BCUT2D eigenvalue weighted by atomic mass is 16.5.